The second kappa shape index (κ2) is 4.86. The number of amides is 1. The van der Waals surface area contributed by atoms with Crippen LogP contribution in [0.2, 0.25) is 0 Å². The highest BCUT2D eigenvalue weighted by Crippen LogP contribution is 2.36. The SMILES string of the molecule is CC(C(=O)NCC1CCC(Br)C1)C1CC1. The van der Waals surface area contributed by atoms with Gasteiger partial charge in [0.2, 0.25) is 5.91 Å². The molecule has 0 bridgehead atoms. The van der Waals surface area contributed by atoms with Crippen LogP contribution in [0.25, 0.3) is 0 Å². The summed E-state index contributed by atoms with van der Waals surface area (Å²) in [6, 6.07) is 0. The van der Waals surface area contributed by atoms with E-state index in [4.69, 9.17) is 0 Å². The Labute approximate surface area is 100 Å². The highest BCUT2D eigenvalue weighted by molar-refractivity contribution is 9.09. The molecule has 3 unspecified atom stereocenters. The minimum atomic E-state index is 0.242. The van der Waals surface area contributed by atoms with Gasteiger partial charge in [-0.1, -0.05) is 22.9 Å². The first kappa shape index (κ1) is 11.4. The van der Waals surface area contributed by atoms with E-state index in [1.807, 2.05) is 0 Å². The second-order valence-corrected chi connectivity index (χ2v) is 6.44. The van der Waals surface area contributed by atoms with Gasteiger partial charge in [0.25, 0.3) is 0 Å². The maximum Gasteiger partial charge on any atom is 0.223 e. The number of rotatable bonds is 4. The lowest BCUT2D eigenvalue weighted by molar-refractivity contribution is -0.125. The van der Waals surface area contributed by atoms with Gasteiger partial charge in [-0.3, -0.25) is 4.79 Å². The lowest BCUT2D eigenvalue weighted by atomic mass is 10.0. The van der Waals surface area contributed by atoms with Crippen LogP contribution in [0.5, 0.6) is 0 Å². The molecule has 0 aromatic carbocycles. The molecule has 0 saturated heterocycles. The van der Waals surface area contributed by atoms with Gasteiger partial charge in [0, 0.05) is 17.3 Å². The predicted molar refractivity (Wildman–Crippen MR) is 65.0 cm³/mol. The number of nitrogens with one attached hydrogen (secondary N) is 1. The molecule has 2 saturated carbocycles. The van der Waals surface area contributed by atoms with E-state index in [2.05, 4.69) is 28.2 Å². The molecule has 2 fully saturated rings. The molecule has 2 rings (SSSR count). The lowest BCUT2D eigenvalue weighted by Gasteiger charge is -2.14. The molecule has 86 valence electrons. The van der Waals surface area contributed by atoms with Crippen LogP contribution < -0.4 is 5.32 Å². The molecule has 0 radical (unpaired) electrons. The van der Waals surface area contributed by atoms with Crippen molar-refractivity contribution < 1.29 is 4.79 Å². The quantitative estimate of drug-likeness (QED) is 0.785. The van der Waals surface area contributed by atoms with Crippen molar-refractivity contribution in [3.05, 3.63) is 0 Å². The van der Waals surface area contributed by atoms with Crippen molar-refractivity contribution in [1.82, 2.24) is 5.32 Å². The number of hydrogen-bond donors (Lipinski definition) is 1. The highest BCUT2D eigenvalue weighted by Gasteiger charge is 2.33. The average molecular weight is 274 g/mol. The third-order valence-corrected chi connectivity index (χ3v) is 4.62. The first-order chi connectivity index (χ1) is 7.16. The average Bonchev–Trinajstić information content (AvgIpc) is 2.98. The Morgan fingerprint density at radius 1 is 1.40 bits per heavy atom. The van der Waals surface area contributed by atoms with E-state index in [0.717, 1.165) is 6.54 Å². The molecule has 2 nitrogen and oxygen atoms in total. The summed E-state index contributed by atoms with van der Waals surface area (Å²) in [6.45, 7) is 2.95. The number of halogens is 1. The first-order valence-electron chi connectivity index (χ1n) is 6.08. The molecule has 3 atom stereocenters. The molecule has 3 heteroatoms. The van der Waals surface area contributed by atoms with Crippen LogP contribution in [0.1, 0.15) is 39.0 Å². The van der Waals surface area contributed by atoms with E-state index in [1.165, 1.54) is 32.1 Å². The molecule has 1 N–H and O–H groups in total. The fraction of sp³-hybridized carbons (Fsp3) is 0.917. The maximum absolute atomic E-state index is 11.7. The van der Waals surface area contributed by atoms with E-state index in [-0.39, 0.29) is 11.8 Å². The van der Waals surface area contributed by atoms with Crippen LogP contribution in [0.15, 0.2) is 0 Å². The van der Waals surface area contributed by atoms with Crippen molar-refractivity contribution in [3.63, 3.8) is 0 Å². The monoisotopic (exact) mass is 273 g/mol. The molecule has 1 amide bonds. The Morgan fingerprint density at radius 3 is 2.67 bits per heavy atom. The molecule has 2 aliphatic rings. The topological polar surface area (TPSA) is 29.1 Å². The number of carbonyl (C=O) groups excluding carboxylic acids is 1. The molecular weight excluding hydrogens is 254 g/mol. The predicted octanol–water partition coefficient (Wildman–Crippen LogP) is 2.71. The van der Waals surface area contributed by atoms with Gasteiger partial charge in [0.15, 0.2) is 0 Å². The summed E-state index contributed by atoms with van der Waals surface area (Å²) in [5.41, 5.74) is 0. The zero-order chi connectivity index (χ0) is 10.8. The van der Waals surface area contributed by atoms with Crippen molar-refractivity contribution >= 4 is 21.8 Å². The lowest BCUT2D eigenvalue weighted by Crippen LogP contribution is -2.33. The van der Waals surface area contributed by atoms with Gasteiger partial charge in [0.05, 0.1) is 0 Å². The first-order valence-corrected chi connectivity index (χ1v) is 7.00. The number of alkyl halides is 1. The minimum absolute atomic E-state index is 0.242. The number of hydrogen-bond acceptors (Lipinski definition) is 1. The highest BCUT2D eigenvalue weighted by atomic mass is 79.9. The fourth-order valence-electron chi connectivity index (χ4n) is 2.42. The summed E-state index contributed by atoms with van der Waals surface area (Å²) in [5, 5.41) is 3.11. The number of carbonyl (C=O) groups is 1. The van der Waals surface area contributed by atoms with Crippen LogP contribution in [0.4, 0.5) is 0 Å². The van der Waals surface area contributed by atoms with Crippen molar-refractivity contribution in [1.29, 1.82) is 0 Å². The van der Waals surface area contributed by atoms with E-state index in [0.29, 0.717) is 16.7 Å². The largest absolute Gasteiger partial charge is 0.356 e. The van der Waals surface area contributed by atoms with Gasteiger partial charge in [-0.2, -0.15) is 0 Å². The van der Waals surface area contributed by atoms with Crippen LogP contribution in [0.3, 0.4) is 0 Å². The van der Waals surface area contributed by atoms with Gasteiger partial charge in [-0.15, -0.1) is 0 Å². The Bertz CT molecular complexity index is 240. The molecule has 0 heterocycles. The Hall–Kier alpha value is -0.0500. The zero-order valence-electron chi connectivity index (χ0n) is 9.34. The van der Waals surface area contributed by atoms with E-state index in [9.17, 15) is 4.79 Å². The van der Waals surface area contributed by atoms with Gasteiger partial charge in [-0.05, 0) is 43.9 Å². The Balaban J connectivity index is 1.66. The van der Waals surface area contributed by atoms with Crippen LogP contribution >= 0.6 is 15.9 Å². The summed E-state index contributed by atoms with van der Waals surface area (Å²) in [4.78, 5) is 12.4. The van der Waals surface area contributed by atoms with Crippen molar-refractivity contribution in [2.24, 2.45) is 17.8 Å². The molecule has 2 aliphatic carbocycles. The van der Waals surface area contributed by atoms with E-state index >= 15 is 0 Å². The van der Waals surface area contributed by atoms with Crippen LogP contribution in [-0.2, 0) is 4.79 Å². The van der Waals surface area contributed by atoms with Crippen LogP contribution in [-0.4, -0.2) is 17.3 Å². The van der Waals surface area contributed by atoms with E-state index in [1.54, 1.807) is 0 Å². The fourth-order valence-corrected chi connectivity index (χ4v) is 3.21. The molecule has 0 aliphatic heterocycles. The summed E-state index contributed by atoms with van der Waals surface area (Å²) in [7, 11) is 0. The van der Waals surface area contributed by atoms with Gasteiger partial charge < -0.3 is 5.32 Å². The minimum Gasteiger partial charge on any atom is -0.356 e. The van der Waals surface area contributed by atoms with Gasteiger partial charge in [-0.25, -0.2) is 0 Å². The van der Waals surface area contributed by atoms with Gasteiger partial charge in [0.1, 0.15) is 0 Å². The summed E-state index contributed by atoms with van der Waals surface area (Å²) in [5.74, 6) is 1.89. The third kappa shape index (κ3) is 3.20. The molecule has 0 spiro atoms. The van der Waals surface area contributed by atoms with Crippen LogP contribution in [0, 0.1) is 17.8 Å². The molecule has 15 heavy (non-hydrogen) atoms. The van der Waals surface area contributed by atoms with Crippen molar-refractivity contribution in [3.8, 4) is 0 Å². The van der Waals surface area contributed by atoms with Crippen molar-refractivity contribution in [2.45, 2.75) is 43.9 Å². The summed E-state index contributed by atoms with van der Waals surface area (Å²) in [6.07, 6.45) is 6.24. The summed E-state index contributed by atoms with van der Waals surface area (Å²) >= 11 is 3.64. The van der Waals surface area contributed by atoms with Crippen molar-refractivity contribution in [2.75, 3.05) is 6.54 Å². The zero-order valence-corrected chi connectivity index (χ0v) is 10.9. The maximum atomic E-state index is 11.7. The second-order valence-electron chi connectivity index (χ2n) is 5.15. The third-order valence-electron chi connectivity index (χ3n) is 3.78. The molecule has 0 aromatic rings. The van der Waals surface area contributed by atoms with E-state index < -0.39 is 0 Å². The standard InChI is InChI=1S/C12H20BrNO/c1-8(10-3-4-10)12(15)14-7-9-2-5-11(13)6-9/h8-11H,2-7H2,1H3,(H,14,15). The molecular formula is C12H20BrNO. The Morgan fingerprint density at radius 2 is 2.13 bits per heavy atom. The summed E-state index contributed by atoms with van der Waals surface area (Å²) < 4.78 is 0. The Kier molecular flexibility index (Phi) is 3.70. The molecule has 0 aromatic heterocycles. The normalized spacial score (nSPS) is 32.7. The smallest absolute Gasteiger partial charge is 0.223 e. The van der Waals surface area contributed by atoms with Gasteiger partial charge >= 0.3 is 0 Å².